The standard InChI is InChI=1S/C53H93NO5/c1-4-7-10-13-16-19-22-24-26-28-31-34-37-40-43-46-53(58)59-49(44-41-38-35-32-30-27-25-23-20-17-14-11-8-5-2)47-52(57)54-50(48-55)51(56)45-42-39-36-33-29-21-18-15-12-9-6-3/h8,11,17,19-20,22,25,27,32,35,41,44,49-51,55-56H,4-7,9-10,12-16,18,21,23-24,26,28-31,33-34,36-40,42-43,45-48H2,1-3H3,(H,54,57)/b11-8+,20-17+,22-19-,27-25+,35-32+,44-41+. The highest BCUT2D eigenvalue weighted by Gasteiger charge is 2.23. The third-order valence-electron chi connectivity index (χ3n) is 10.8. The molecule has 6 heteroatoms. The number of esters is 1. The molecule has 0 aromatic carbocycles. The van der Waals surface area contributed by atoms with Crippen molar-refractivity contribution in [2.75, 3.05) is 6.61 Å². The molecule has 0 aromatic rings. The average molecular weight is 824 g/mol. The van der Waals surface area contributed by atoms with Crippen molar-refractivity contribution in [2.24, 2.45) is 0 Å². The highest BCUT2D eigenvalue weighted by molar-refractivity contribution is 5.78. The Kier molecular flexibility index (Phi) is 44.2. The summed E-state index contributed by atoms with van der Waals surface area (Å²) in [5, 5.41) is 23.6. The summed E-state index contributed by atoms with van der Waals surface area (Å²) >= 11 is 0. The lowest BCUT2D eigenvalue weighted by Gasteiger charge is -2.23. The summed E-state index contributed by atoms with van der Waals surface area (Å²) in [5.41, 5.74) is 0. The number of carbonyl (C=O) groups is 2. The summed E-state index contributed by atoms with van der Waals surface area (Å²) in [6, 6.07) is -0.743. The number of aliphatic hydroxyl groups is 2. The van der Waals surface area contributed by atoms with Gasteiger partial charge in [-0.2, -0.15) is 0 Å². The maximum atomic E-state index is 13.1. The van der Waals surface area contributed by atoms with E-state index in [2.05, 4.69) is 86.8 Å². The topological polar surface area (TPSA) is 95.9 Å². The fourth-order valence-electron chi connectivity index (χ4n) is 7.03. The maximum Gasteiger partial charge on any atom is 0.306 e. The first kappa shape index (κ1) is 56.3. The first-order valence-electron chi connectivity index (χ1n) is 24.7. The molecule has 0 radical (unpaired) electrons. The average Bonchev–Trinajstić information content (AvgIpc) is 3.23. The van der Waals surface area contributed by atoms with Gasteiger partial charge in [-0.3, -0.25) is 9.59 Å². The van der Waals surface area contributed by atoms with Gasteiger partial charge in [-0.15, -0.1) is 0 Å². The Hall–Kier alpha value is -2.70. The molecule has 3 N–H and O–H groups in total. The van der Waals surface area contributed by atoms with E-state index >= 15 is 0 Å². The number of carbonyl (C=O) groups excluding carboxylic acids is 2. The van der Waals surface area contributed by atoms with Gasteiger partial charge in [0.05, 0.1) is 25.2 Å². The molecule has 0 aliphatic rings. The quantitative estimate of drug-likeness (QED) is 0.0323. The number of unbranched alkanes of at least 4 members (excludes halogenated alkanes) is 21. The third kappa shape index (κ3) is 41.8. The summed E-state index contributed by atoms with van der Waals surface area (Å²) < 4.78 is 5.81. The molecule has 3 atom stereocenters. The number of amides is 1. The largest absolute Gasteiger partial charge is 0.458 e. The minimum Gasteiger partial charge on any atom is -0.458 e. The second-order valence-corrected chi connectivity index (χ2v) is 16.5. The minimum absolute atomic E-state index is 0.0494. The van der Waals surface area contributed by atoms with E-state index in [0.717, 1.165) is 64.2 Å². The molecule has 0 saturated heterocycles. The molecule has 0 fully saturated rings. The van der Waals surface area contributed by atoms with E-state index in [1.165, 1.54) is 116 Å². The molecule has 0 spiro atoms. The number of ether oxygens (including phenoxy) is 1. The van der Waals surface area contributed by atoms with Crippen molar-refractivity contribution in [1.82, 2.24) is 5.32 Å². The first-order chi connectivity index (χ1) is 29.0. The highest BCUT2D eigenvalue weighted by atomic mass is 16.5. The van der Waals surface area contributed by atoms with Crippen LogP contribution < -0.4 is 5.32 Å². The summed E-state index contributed by atoms with van der Waals surface area (Å²) in [6.07, 6.45) is 58.5. The zero-order chi connectivity index (χ0) is 43.1. The molecule has 0 heterocycles. The van der Waals surface area contributed by atoms with E-state index in [0.29, 0.717) is 19.3 Å². The number of hydrogen-bond donors (Lipinski definition) is 3. The van der Waals surface area contributed by atoms with Crippen molar-refractivity contribution >= 4 is 11.9 Å². The molecule has 0 saturated carbocycles. The van der Waals surface area contributed by atoms with Crippen LogP contribution in [0.1, 0.15) is 226 Å². The minimum atomic E-state index is -0.820. The van der Waals surface area contributed by atoms with Crippen LogP contribution in [0.15, 0.2) is 72.9 Å². The number of aliphatic hydroxyl groups excluding tert-OH is 2. The Morgan fingerprint density at radius 1 is 0.525 bits per heavy atom. The van der Waals surface area contributed by atoms with Gasteiger partial charge in [0.25, 0.3) is 0 Å². The number of nitrogens with one attached hydrogen (secondary N) is 1. The van der Waals surface area contributed by atoms with Gasteiger partial charge in [-0.05, 0) is 76.7 Å². The van der Waals surface area contributed by atoms with Gasteiger partial charge in [-0.25, -0.2) is 0 Å². The Morgan fingerprint density at radius 2 is 0.949 bits per heavy atom. The summed E-state index contributed by atoms with van der Waals surface area (Å²) in [5.74, 6) is -0.636. The van der Waals surface area contributed by atoms with Gasteiger partial charge in [0.1, 0.15) is 6.10 Å². The molecule has 340 valence electrons. The van der Waals surface area contributed by atoms with E-state index in [-0.39, 0.29) is 24.9 Å². The Labute approximate surface area is 364 Å². The lowest BCUT2D eigenvalue weighted by Crippen LogP contribution is -2.46. The summed E-state index contributed by atoms with van der Waals surface area (Å²) in [6.45, 7) is 6.30. The fraction of sp³-hybridized carbons (Fsp3) is 0.736. The number of hydrogen-bond acceptors (Lipinski definition) is 5. The molecule has 1 amide bonds. The van der Waals surface area contributed by atoms with Crippen LogP contribution >= 0.6 is 0 Å². The Morgan fingerprint density at radius 3 is 1.44 bits per heavy atom. The lowest BCUT2D eigenvalue weighted by molar-refractivity contribution is -0.148. The SMILES string of the molecule is CC/C=C/C/C=C/C/C=C/C/C=C/C/C=C/C(CC(=O)NC(CO)C(O)CCCCCCCCCCCCC)OC(=O)CCCCCCCCC/C=C\CCCCCC. The molecule has 59 heavy (non-hydrogen) atoms. The van der Waals surface area contributed by atoms with Gasteiger partial charge >= 0.3 is 5.97 Å². The van der Waals surface area contributed by atoms with Crippen molar-refractivity contribution < 1.29 is 24.5 Å². The van der Waals surface area contributed by atoms with Crippen LogP contribution in [0.5, 0.6) is 0 Å². The molecule has 0 rings (SSSR count). The molecular weight excluding hydrogens is 731 g/mol. The van der Waals surface area contributed by atoms with Gasteiger partial charge < -0.3 is 20.3 Å². The van der Waals surface area contributed by atoms with Crippen LogP contribution in [0.3, 0.4) is 0 Å². The highest BCUT2D eigenvalue weighted by Crippen LogP contribution is 2.15. The Balaban J connectivity index is 4.75. The van der Waals surface area contributed by atoms with Crippen molar-refractivity contribution in [3.63, 3.8) is 0 Å². The van der Waals surface area contributed by atoms with Crippen LogP contribution in [0, 0.1) is 0 Å². The first-order valence-corrected chi connectivity index (χ1v) is 24.7. The third-order valence-corrected chi connectivity index (χ3v) is 10.8. The van der Waals surface area contributed by atoms with E-state index in [1.807, 2.05) is 6.08 Å². The van der Waals surface area contributed by atoms with Gasteiger partial charge in [-0.1, -0.05) is 210 Å². The Bertz CT molecular complexity index is 1110. The summed E-state index contributed by atoms with van der Waals surface area (Å²) in [7, 11) is 0. The molecular formula is C53H93NO5. The normalized spacial score (nSPS) is 13.9. The van der Waals surface area contributed by atoms with Crippen molar-refractivity contribution in [3.05, 3.63) is 72.9 Å². The van der Waals surface area contributed by atoms with Crippen LogP contribution in [0.2, 0.25) is 0 Å². The van der Waals surface area contributed by atoms with Crippen molar-refractivity contribution in [3.8, 4) is 0 Å². The van der Waals surface area contributed by atoms with E-state index < -0.39 is 18.2 Å². The van der Waals surface area contributed by atoms with E-state index in [1.54, 1.807) is 6.08 Å². The monoisotopic (exact) mass is 824 g/mol. The van der Waals surface area contributed by atoms with E-state index in [4.69, 9.17) is 4.74 Å². The van der Waals surface area contributed by atoms with Gasteiger partial charge in [0.2, 0.25) is 5.91 Å². The van der Waals surface area contributed by atoms with Crippen molar-refractivity contribution in [2.45, 2.75) is 244 Å². The molecule has 3 unspecified atom stereocenters. The molecule has 6 nitrogen and oxygen atoms in total. The number of allylic oxidation sites excluding steroid dienone is 11. The maximum absolute atomic E-state index is 13.1. The van der Waals surface area contributed by atoms with Gasteiger partial charge in [0, 0.05) is 6.42 Å². The molecule has 0 aliphatic heterocycles. The van der Waals surface area contributed by atoms with Gasteiger partial charge in [0.15, 0.2) is 0 Å². The second-order valence-electron chi connectivity index (χ2n) is 16.5. The molecule has 0 aliphatic carbocycles. The fourth-order valence-corrected chi connectivity index (χ4v) is 7.03. The van der Waals surface area contributed by atoms with Crippen LogP contribution in [0.4, 0.5) is 0 Å². The zero-order valence-corrected chi connectivity index (χ0v) is 38.6. The van der Waals surface area contributed by atoms with Crippen molar-refractivity contribution in [1.29, 1.82) is 0 Å². The lowest BCUT2D eigenvalue weighted by atomic mass is 10.0. The van der Waals surface area contributed by atoms with Crippen LogP contribution in [0.25, 0.3) is 0 Å². The van der Waals surface area contributed by atoms with Crippen LogP contribution in [-0.2, 0) is 14.3 Å². The molecule has 0 aromatic heterocycles. The second kappa shape index (κ2) is 46.4. The predicted molar refractivity (Wildman–Crippen MR) is 255 cm³/mol. The molecule has 0 bridgehead atoms. The predicted octanol–water partition coefficient (Wildman–Crippen LogP) is 14.6. The number of rotatable bonds is 43. The smallest absolute Gasteiger partial charge is 0.306 e. The van der Waals surface area contributed by atoms with E-state index in [9.17, 15) is 19.8 Å². The summed E-state index contributed by atoms with van der Waals surface area (Å²) in [4.78, 5) is 26.0. The van der Waals surface area contributed by atoms with Crippen LogP contribution in [-0.4, -0.2) is 46.9 Å². The zero-order valence-electron chi connectivity index (χ0n) is 38.6.